The number of nitrogens with one attached hydrogen (secondary N) is 1. The maximum absolute atomic E-state index is 12.3. The highest BCUT2D eigenvalue weighted by molar-refractivity contribution is 7.14. The lowest BCUT2D eigenvalue weighted by molar-refractivity contribution is -0.119. The Bertz CT molecular complexity index is 1050. The topological polar surface area (TPSA) is 73.2 Å². The summed E-state index contributed by atoms with van der Waals surface area (Å²) in [6, 6.07) is 9.82. The Morgan fingerprint density at radius 1 is 1.14 bits per heavy atom. The Hall–Kier alpha value is -2.93. The first-order chi connectivity index (χ1) is 13.8. The molecule has 1 amide bonds. The van der Waals surface area contributed by atoms with Gasteiger partial charge in [0, 0.05) is 4.88 Å². The number of anilines is 1. The number of thiophene rings is 1. The number of hydrogen-bond donors (Lipinski definition) is 1. The van der Waals surface area contributed by atoms with E-state index in [1.165, 1.54) is 11.3 Å². The van der Waals surface area contributed by atoms with Gasteiger partial charge in [0.1, 0.15) is 4.88 Å². The molecule has 0 bridgehead atoms. The van der Waals surface area contributed by atoms with Crippen LogP contribution >= 0.6 is 11.3 Å². The number of carbonyl (C=O) groups is 2. The Morgan fingerprint density at radius 2 is 1.83 bits per heavy atom. The molecule has 0 aliphatic carbocycles. The van der Waals surface area contributed by atoms with Crippen molar-refractivity contribution in [2.45, 2.75) is 41.0 Å². The lowest BCUT2D eigenvalue weighted by Gasteiger charge is -2.08. The number of nitrogens with zero attached hydrogens (tertiary/aromatic N) is 2. The molecule has 2 heterocycles. The fraction of sp³-hybridized carbons (Fsp3) is 0.318. The van der Waals surface area contributed by atoms with Crippen LogP contribution in [0.5, 0.6) is 0 Å². The molecule has 7 heteroatoms. The van der Waals surface area contributed by atoms with Crippen LogP contribution < -0.4 is 5.32 Å². The molecule has 1 N–H and O–H groups in total. The van der Waals surface area contributed by atoms with Crippen LogP contribution in [0.4, 0.5) is 5.69 Å². The number of carbonyl (C=O) groups excluding carboxylic acids is 2. The maximum Gasteiger partial charge on any atom is 0.348 e. The average molecular weight is 412 g/mol. The van der Waals surface area contributed by atoms with Gasteiger partial charge in [-0.1, -0.05) is 24.6 Å². The standard InChI is InChI=1S/C22H25N3O3S/c1-6-17-11-19(29-16(17)5)22(27)28-12-20(26)23-21-14(3)24-25(15(21)4)18-9-7-13(2)8-10-18/h7-11H,6,12H2,1-5H3,(H,23,26). The second-order valence-electron chi connectivity index (χ2n) is 6.96. The first-order valence-corrected chi connectivity index (χ1v) is 10.3. The molecular weight excluding hydrogens is 386 g/mol. The molecule has 0 atom stereocenters. The van der Waals surface area contributed by atoms with Gasteiger partial charge in [0.2, 0.25) is 0 Å². The number of esters is 1. The van der Waals surface area contributed by atoms with Gasteiger partial charge in [0.05, 0.1) is 22.8 Å². The van der Waals surface area contributed by atoms with E-state index in [4.69, 9.17) is 4.74 Å². The number of hydrogen-bond acceptors (Lipinski definition) is 5. The summed E-state index contributed by atoms with van der Waals surface area (Å²) >= 11 is 1.39. The third-order valence-corrected chi connectivity index (χ3v) is 5.84. The van der Waals surface area contributed by atoms with E-state index in [0.717, 1.165) is 33.8 Å². The monoisotopic (exact) mass is 411 g/mol. The van der Waals surface area contributed by atoms with Crippen molar-refractivity contribution in [3.8, 4) is 5.69 Å². The van der Waals surface area contributed by atoms with Crippen molar-refractivity contribution in [2.24, 2.45) is 0 Å². The van der Waals surface area contributed by atoms with E-state index in [0.29, 0.717) is 16.3 Å². The molecule has 6 nitrogen and oxygen atoms in total. The van der Waals surface area contributed by atoms with Crippen molar-refractivity contribution in [1.82, 2.24) is 9.78 Å². The van der Waals surface area contributed by atoms with Gasteiger partial charge in [0.25, 0.3) is 5.91 Å². The average Bonchev–Trinajstić information content (AvgIpc) is 3.21. The zero-order chi connectivity index (χ0) is 21.1. The number of amides is 1. The van der Waals surface area contributed by atoms with Crippen molar-refractivity contribution in [1.29, 1.82) is 0 Å². The first-order valence-electron chi connectivity index (χ1n) is 9.49. The van der Waals surface area contributed by atoms with Crippen LogP contribution in [0.3, 0.4) is 0 Å². The number of aromatic nitrogens is 2. The Morgan fingerprint density at radius 3 is 2.45 bits per heavy atom. The van der Waals surface area contributed by atoms with Crippen LogP contribution in [0.2, 0.25) is 0 Å². The van der Waals surface area contributed by atoms with Crippen LogP contribution in [0.1, 0.15) is 44.0 Å². The summed E-state index contributed by atoms with van der Waals surface area (Å²) in [5.74, 6) is -0.867. The molecule has 29 heavy (non-hydrogen) atoms. The van der Waals surface area contributed by atoms with E-state index >= 15 is 0 Å². The summed E-state index contributed by atoms with van der Waals surface area (Å²) in [4.78, 5) is 26.2. The van der Waals surface area contributed by atoms with E-state index in [2.05, 4.69) is 10.4 Å². The van der Waals surface area contributed by atoms with E-state index in [9.17, 15) is 9.59 Å². The minimum Gasteiger partial charge on any atom is -0.451 e. The van der Waals surface area contributed by atoms with Gasteiger partial charge in [-0.15, -0.1) is 11.3 Å². The summed E-state index contributed by atoms with van der Waals surface area (Å²) in [6.45, 7) is 9.43. The van der Waals surface area contributed by atoms with E-state index < -0.39 is 11.9 Å². The van der Waals surface area contributed by atoms with Gasteiger partial charge in [-0.2, -0.15) is 5.10 Å². The van der Waals surface area contributed by atoms with E-state index in [-0.39, 0.29) is 6.61 Å². The van der Waals surface area contributed by atoms with Crippen LogP contribution in [0.15, 0.2) is 30.3 Å². The Labute approximate surface area is 174 Å². The molecule has 2 aromatic heterocycles. The molecule has 0 saturated heterocycles. The third kappa shape index (κ3) is 4.56. The van der Waals surface area contributed by atoms with Gasteiger partial charge in [0.15, 0.2) is 6.61 Å². The minimum absolute atomic E-state index is 0.341. The smallest absolute Gasteiger partial charge is 0.348 e. The zero-order valence-electron chi connectivity index (χ0n) is 17.3. The van der Waals surface area contributed by atoms with Crippen molar-refractivity contribution in [3.05, 3.63) is 62.6 Å². The van der Waals surface area contributed by atoms with Gasteiger partial charge in [-0.05, 0) is 57.9 Å². The zero-order valence-corrected chi connectivity index (χ0v) is 18.1. The summed E-state index contributed by atoms with van der Waals surface area (Å²) in [5, 5.41) is 7.34. The van der Waals surface area contributed by atoms with Crippen LogP contribution in [0.25, 0.3) is 5.69 Å². The van der Waals surface area contributed by atoms with Gasteiger partial charge < -0.3 is 10.1 Å². The largest absolute Gasteiger partial charge is 0.451 e. The third-order valence-electron chi connectivity index (χ3n) is 4.77. The highest BCUT2D eigenvalue weighted by atomic mass is 32.1. The summed E-state index contributed by atoms with van der Waals surface area (Å²) in [6.07, 6.45) is 0.861. The molecule has 0 spiro atoms. The summed E-state index contributed by atoms with van der Waals surface area (Å²) < 4.78 is 6.98. The fourth-order valence-corrected chi connectivity index (χ4v) is 4.12. The second kappa shape index (κ2) is 8.61. The van der Waals surface area contributed by atoms with Crippen LogP contribution in [-0.2, 0) is 16.0 Å². The maximum atomic E-state index is 12.3. The predicted octanol–water partition coefficient (Wildman–Crippen LogP) is 4.53. The quantitative estimate of drug-likeness (QED) is 0.605. The molecule has 0 fully saturated rings. The highest BCUT2D eigenvalue weighted by Gasteiger charge is 2.18. The molecule has 3 rings (SSSR count). The van der Waals surface area contributed by atoms with E-state index in [1.807, 2.05) is 65.0 Å². The molecular formula is C22H25N3O3S. The molecule has 152 valence electrons. The Balaban J connectivity index is 1.66. The van der Waals surface area contributed by atoms with E-state index in [1.54, 1.807) is 4.68 Å². The van der Waals surface area contributed by atoms with Gasteiger partial charge >= 0.3 is 5.97 Å². The normalized spacial score (nSPS) is 10.8. The number of rotatable bonds is 6. The summed E-state index contributed by atoms with van der Waals surface area (Å²) in [7, 11) is 0. The first kappa shape index (κ1) is 20.8. The molecule has 3 aromatic rings. The van der Waals surface area contributed by atoms with Crippen molar-refractivity contribution >= 4 is 28.9 Å². The molecule has 1 aromatic carbocycles. The van der Waals surface area contributed by atoms with Crippen molar-refractivity contribution < 1.29 is 14.3 Å². The summed E-state index contributed by atoms with van der Waals surface area (Å²) in [5.41, 5.74) is 5.35. The lowest BCUT2D eigenvalue weighted by atomic mass is 10.2. The number of ether oxygens (including phenoxy) is 1. The lowest BCUT2D eigenvalue weighted by Crippen LogP contribution is -2.21. The minimum atomic E-state index is -0.475. The van der Waals surface area contributed by atoms with Crippen LogP contribution in [0, 0.1) is 27.7 Å². The predicted molar refractivity (Wildman–Crippen MR) is 115 cm³/mol. The van der Waals surface area contributed by atoms with Gasteiger partial charge in [-0.3, -0.25) is 4.79 Å². The fourth-order valence-electron chi connectivity index (χ4n) is 3.11. The molecule has 0 unspecified atom stereocenters. The SMILES string of the molecule is CCc1cc(C(=O)OCC(=O)Nc2c(C)nn(-c3ccc(C)cc3)c2C)sc1C. The number of aryl methyl sites for hydroxylation is 4. The van der Waals surface area contributed by atoms with Crippen LogP contribution in [-0.4, -0.2) is 28.3 Å². The van der Waals surface area contributed by atoms with Gasteiger partial charge in [-0.25, -0.2) is 9.48 Å². The Kier molecular flexibility index (Phi) is 6.17. The molecule has 0 aliphatic rings. The molecule has 0 aliphatic heterocycles. The molecule has 0 saturated carbocycles. The van der Waals surface area contributed by atoms with Crippen molar-refractivity contribution in [3.63, 3.8) is 0 Å². The molecule has 0 radical (unpaired) electrons. The number of benzene rings is 1. The van der Waals surface area contributed by atoms with Crippen molar-refractivity contribution in [2.75, 3.05) is 11.9 Å². The highest BCUT2D eigenvalue weighted by Crippen LogP contribution is 2.24. The second-order valence-corrected chi connectivity index (χ2v) is 8.22.